The first kappa shape index (κ1) is 31.7. The first-order chi connectivity index (χ1) is 24.7. The van der Waals surface area contributed by atoms with Gasteiger partial charge in [-0.3, -0.25) is 0 Å². The molecule has 0 unspecified atom stereocenters. The van der Waals surface area contributed by atoms with Crippen LogP contribution < -0.4 is 4.74 Å². The molecule has 1 fully saturated rings. The number of esters is 1. The van der Waals surface area contributed by atoms with E-state index in [2.05, 4.69) is 70.1 Å². The summed E-state index contributed by atoms with van der Waals surface area (Å²) in [7, 11) is 0. The number of carbonyl (C=O) groups is 1. The summed E-state index contributed by atoms with van der Waals surface area (Å²) in [5.74, 6) is 1.40. The molecule has 0 amide bonds. The Morgan fingerprint density at radius 1 is 0.720 bits per heavy atom. The number of imidazole rings is 1. The molecule has 0 aliphatic carbocycles. The lowest BCUT2D eigenvalue weighted by Gasteiger charge is -2.30. The zero-order valence-corrected chi connectivity index (χ0v) is 28.1. The molecule has 8 rings (SSSR count). The van der Waals surface area contributed by atoms with Crippen molar-refractivity contribution in [2.75, 3.05) is 19.6 Å². The van der Waals surface area contributed by atoms with Gasteiger partial charge in [-0.2, -0.15) is 0 Å². The summed E-state index contributed by atoms with van der Waals surface area (Å²) >= 11 is 0. The zero-order valence-electron chi connectivity index (χ0n) is 28.1. The summed E-state index contributed by atoms with van der Waals surface area (Å²) in [5.41, 5.74) is 9.83. The number of ether oxygens (including phenoxy) is 2. The largest absolute Gasteiger partial charge is 0.487 e. The van der Waals surface area contributed by atoms with Crippen molar-refractivity contribution >= 4 is 22.4 Å². The molecule has 7 nitrogen and oxygen atoms in total. The first-order valence-corrected chi connectivity index (χ1v) is 17.5. The van der Waals surface area contributed by atoms with Crippen LogP contribution in [-0.2, 0) is 37.3 Å². The van der Waals surface area contributed by atoms with Crippen LogP contribution >= 0.6 is 0 Å². The molecular formula is C43H40N4O3. The smallest absolute Gasteiger partial charge is 0.356 e. The van der Waals surface area contributed by atoms with E-state index in [4.69, 9.17) is 19.4 Å². The van der Waals surface area contributed by atoms with E-state index in [9.17, 15) is 4.79 Å². The van der Waals surface area contributed by atoms with Gasteiger partial charge in [-0.15, -0.1) is 0 Å². The Bertz CT molecular complexity index is 2140. The molecule has 0 atom stereocenters. The number of piperidine rings is 1. The van der Waals surface area contributed by atoms with E-state index in [-0.39, 0.29) is 12.6 Å². The predicted molar refractivity (Wildman–Crippen MR) is 196 cm³/mol. The Morgan fingerprint density at radius 2 is 1.50 bits per heavy atom. The highest BCUT2D eigenvalue weighted by Gasteiger charge is 2.28. The normalized spacial score (nSPS) is 14.6. The number of pyridine rings is 1. The van der Waals surface area contributed by atoms with Crippen molar-refractivity contribution in [3.63, 3.8) is 0 Å². The number of aryl methyl sites for hydroxylation is 1. The van der Waals surface area contributed by atoms with E-state index in [1.54, 1.807) is 6.20 Å². The fourth-order valence-electron chi connectivity index (χ4n) is 7.13. The molecule has 1 saturated heterocycles. The molecule has 6 aromatic rings. The van der Waals surface area contributed by atoms with E-state index in [0.29, 0.717) is 18.8 Å². The quantitative estimate of drug-likeness (QED) is 0.146. The number of likely N-dealkylation sites (tertiary alicyclic amines) is 1. The van der Waals surface area contributed by atoms with Crippen LogP contribution in [0.4, 0.5) is 0 Å². The molecule has 4 heterocycles. The molecular weight excluding hydrogens is 620 g/mol. The van der Waals surface area contributed by atoms with Gasteiger partial charge in [0, 0.05) is 37.1 Å². The summed E-state index contributed by atoms with van der Waals surface area (Å²) < 4.78 is 13.9. The average molecular weight is 661 g/mol. The summed E-state index contributed by atoms with van der Waals surface area (Å²) in [6.45, 7) is 4.37. The maximum Gasteiger partial charge on any atom is 0.356 e. The Kier molecular flexibility index (Phi) is 9.22. The molecule has 50 heavy (non-hydrogen) atoms. The van der Waals surface area contributed by atoms with E-state index in [1.807, 2.05) is 54.6 Å². The standard InChI is InChI=1S/C43H40N4O3/c48-43(50-29-32-8-2-1-3-9-32)40-28-44-42-41(38-12-6-4-10-33(38)23-27-47(40)42)35-21-25-46(26-22-35)24-20-31-14-18-37(19-15-31)49-30-36-17-16-34-11-5-7-13-39(34)45-36/h1-19,28H,20-27,29-30H2. The van der Waals surface area contributed by atoms with Gasteiger partial charge < -0.3 is 18.9 Å². The molecule has 0 spiro atoms. The van der Waals surface area contributed by atoms with Gasteiger partial charge in [0.05, 0.1) is 17.4 Å². The van der Waals surface area contributed by atoms with Crippen LogP contribution in [0.3, 0.4) is 0 Å². The monoisotopic (exact) mass is 660 g/mol. The summed E-state index contributed by atoms with van der Waals surface area (Å²) in [5, 5.41) is 1.14. The van der Waals surface area contributed by atoms with Crippen molar-refractivity contribution in [3.8, 4) is 5.75 Å². The molecule has 2 aromatic heterocycles. The zero-order chi connectivity index (χ0) is 33.7. The highest BCUT2D eigenvalue weighted by molar-refractivity contribution is 5.90. The summed E-state index contributed by atoms with van der Waals surface area (Å²) in [6.07, 6.45) is 5.47. The third-order valence-corrected chi connectivity index (χ3v) is 9.89. The first-order valence-electron chi connectivity index (χ1n) is 17.5. The highest BCUT2D eigenvalue weighted by Crippen LogP contribution is 2.36. The lowest BCUT2D eigenvalue weighted by molar-refractivity contribution is 0.0459. The minimum Gasteiger partial charge on any atom is -0.487 e. The number of benzene rings is 4. The lowest BCUT2D eigenvalue weighted by Crippen LogP contribution is -2.33. The maximum absolute atomic E-state index is 13.3. The maximum atomic E-state index is 13.3. The number of hydrogen-bond acceptors (Lipinski definition) is 6. The number of aromatic nitrogens is 3. The summed E-state index contributed by atoms with van der Waals surface area (Å²) in [6, 6.07) is 39.2. The number of carbonyl (C=O) groups excluding carboxylic acids is 1. The average Bonchev–Trinajstić information content (AvgIpc) is 3.52. The van der Waals surface area contributed by atoms with Gasteiger partial charge in [0.2, 0.25) is 0 Å². The topological polar surface area (TPSA) is 69.5 Å². The van der Waals surface area contributed by atoms with Crippen molar-refractivity contribution in [1.29, 1.82) is 0 Å². The van der Waals surface area contributed by atoms with Gasteiger partial charge in [-0.1, -0.05) is 96.6 Å². The van der Waals surface area contributed by atoms with Gasteiger partial charge in [0.15, 0.2) is 0 Å². The second-order valence-electron chi connectivity index (χ2n) is 13.1. The van der Waals surface area contributed by atoms with Gasteiger partial charge in [0.25, 0.3) is 0 Å². The minimum atomic E-state index is -0.334. The number of para-hydroxylation sites is 1. The second kappa shape index (κ2) is 14.5. The molecule has 2 aliphatic rings. The third-order valence-electron chi connectivity index (χ3n) is 9.89. The van der Waals surface area contributed by atoms with Crippen molar-refractivity contribution in [2.24, 2.45) is 0 Å². The highest BCUT2D eigenvalue weighted by atomic mass is 16.5. The Labute approximate surface area is 292 Å². The van der Waals surface area contributed by atoms with Crippen LogP contribution in [0, 0.1) is 0 Å². The predicted octanol–water partition coefficient (Wildman–Crippen LogP) is 8.06. The third kappa shape index (κ3) is 6.96. The van der Waals surface area contributed by atoms with Crippen molar-refractivity contribution in [1.82, 2.24) is 19.4 Å². The Balaban J connectivity index is 0.908. The fraction of sp³-hybridized carbons (Fsp3) is 0.233. The Hall–Kier alpha value is -5.53. The van der Waals surface area contributed by atoms with E-state index >= 15 is 0 Å². The fourth-order valence-corrected chi connectivity index (χ4v) is 7.13. The van der Waals surface area contributed by atoms with Crippen LogP contribution in [0.5, 0.6) is 5.75 Å². The van der Waals surface area contributed by atoms with E-state index < -0.39 is 0 Å². The van der Waals surface area contributed by atoms with E-state index in [1.165, 1.54) is 27.8 Å². The van der Waals surface area contributed by atoms with Crippen LogP contribution in [0.15, 0.2) is 127 Å². The minimum absolute atomic E-state index is 0.242. The molecule has 4 aromatic carbocycles. The van der Waals surface area contributed by atoms with Crippen molar-refractivity contribution in [3.05, 3.63) is 166 Å². The van der Waals surface area contributed by atoms with Crippen molar-refractivity contribution in [2.45, 2.75) is 45.4 Å². The van der Waals surface area contributed by atoms with Gasteiger partial charge in [-0.25, -0.2) is 14.8 Å². The van der Waals surface area contributed by atoms with Crippen LogP contribution in [0.25, 0.3) is 16.5 Å². The number of nitrogens with zero attached hydrogens (tertiary/aromatic N) is 4. The van der Waals surface area contributed by atoms with Crippen LogP contribution in [0.2, 0.25) is 0 Å². The van der Waals surface area contributed by atoms with Crippen LogP contribution in [-0.4, -0.2) is 45.0 Å². The second-order valence-corrected chi connectivity index (χ2v) is 13.1. The van der Waals surface area contributed by atoms with Crippen molar-refractivity contribution < 1.29 is 14.3 Å². The molecule has 7 heteroatoms. The van der Waals surface area contributed by atoms with Gasteiger partial charge >= 0.3 is 5.97 Å². The van der Waals surface area contributed by atoms with Gasteiger partial charge in [-0.05, 0) is 72.2 Å². The number of rotatable bonds is 9. The van der Waals surface area contributed by atoms with Crippen LogP contribution in [0.1, 0.15) is 57.1 Å². The molecule has 250 valence electrons. The molecule has 0 N–H and O–H groups in total. The SMILES string of the molecule is O=C(OCc1ccccc1)c1cnc2n1CCc1ccccc1C2=C1CCN(CCc2ccc(OCc3ccc4ccccc4n3)cc2)CC1. The van der Waals surface area contributed by atoms with Gasteiger partial charge in [0.1, 0.15) is 30.5 Å². The molecule has 2 aliphatic heterocycles. The van der Waals surface area contributed by atoms with E-state index in [0.717, 1.165) is 79.1 Å². The lowest BCUT2D eigenvalue weighted by atomic mass is 9.90. The Morgan fingerprint density at radius 3 is 2.36 bits per heavy atom. The number of fused-ring (bicyclic) bond motifs is 3. The number of hydrogen-bond donors (Lipinski definition) is 0. The molecule has 0 saturated carbocycles. The summed E-state index contributed by atoms with van der Waals surface area (Å²) in [4.78, 5) is 25.4. The molecule has 0 radical (unpaired) electrons. The molecule has 0 bridgehead atoms.